The Balaban J connectivity index is 2.11. The maximum atomic E-state index is 11.7. The van der Waals surface area contributed by atoms with Gasteiger partial charge in [0.1, 0.15) is 0 Å². The van der Waals surface area contributed by atoms with Crippen LogP contribution in [0.1, 0.15) is 45.4 Å². The van der Waals surface area contributed by atoms with E-state index in [0.29, 0.717) is 11.9 Å². The molecule has 0 aromatic rings. The first-order valence-electron chi connectivity index (χ1n) is 5.04. The topological polar surface area (TPSA) is 29.1 Å². The molecule has 2 rings (SSSR count). The van der Waals surface area contributed by atoms with E-state index in [1.165, 1.54) is 19.3 Å². The molecule has 0 aromatic carbocycles. The van der Waals surface area contributed by atoms with Crippen molar-refractivity contribution in [2.45, 2.75) is 51.5 Å². The van der Waals surface area contributed by atoms with Gasteiger partial charge in [-0.2, -0.15) is 0 Å². The Morgan fingerprint density at radius 2 is 2.00 bits per heavy atom. The van der Waals surface area contributed by atoms with E-state index in [1.807, 2.05) is 0 Å². The normalized spacial score (nSPS) is 33.8. The maximum absolute atomic E-state index is 11.7. The molecule has 1 heterocycles. The summed E-state index contributed by atoms with van der Waals surface area (Å²) in [4.78, 5) is 11.7. The average molecular weight is 167 g/mol. The molecule has 68 valence electrons. The van der Waals surface area contributed by atoms with Gasteiger partial charge in [-0.25, -0.2) is 0 Å². The lowest BCUT2D eigenvalue weighted by Gasteiger charge is -2.35. The molecule has 0 bridgehead atoms. The van der Waals surface area contributed by atoms with Gasteiger partial charge >= 0.3 is 0 Å². The first-order chi connectivity index (χ1) is 5.73. The third kappa shape index (κ3) is 1.13. The van der Waals surface area contributed by atoms with Crippen molar-refractivity contribution in [3.8, 4) is 0 Å². The number of carbonyl (C=O) groups is 1. The Bertz CT molecular complexity index is 194. The fourth-order valence-corrected chi connectivity index (χ4v) is 2.58. The highest BCUT2D eigenvalue weighted by Crippen LogP contribution is 2.44. The van der Waals surface area contributed by atoms with Gasteiger partial charge in [0.15, 0.2) is 0 Å². The predicted octanol–water partition coefficient (Wildman–Crippen LogP) is 1.85. The first kappa shape index (κ1) is 8.09. The van der Waals surface area contributed by atoms with Gasteiger partial charge in [0.05, 0.1) is 0 Å². The quantitative estimate of drug-likeness (QED) is 0.586. The largest absolute Gasteiger partial charge is 0.353 e. The molecule has 2 heteroatoms. The zero-order chi connectivity index (χ0) is 8.60. The summed E-state index contributed by atoms with van der Waals surface area (Å²) in [6.45, 7) is 2.10. The fourth-order valence-electron chi connectivity index (χ4n) is 2.58. The highest BCUT2D eigenvalue weighted by atomic mass is 16.2. The second-order valence-corrected chi connectivity index (χ2v) is 4.40. The summed E-state index contributed by atoms with van der Waals surface area (Å²) in [5, 5.41) is 3.07. The molecule has 0 radical (unpaired) electrons. The first-order valence-corrected chi connectivity index (χ1v) is 5.04. The zero-order valence-corrected chi connectivity index (χ0v) is 7.73. The van der Waals surface area contributed by atoms with E-state index in [-0.39, 0.29) is 5.41 Å². The minimum Gasteiger partial charge on any atom is -0.353 e. The summed E-state index contributed by atoms with van der Waals surface area (Å²) >= 11 is 0. The number of hydrogen-bond acceptors (Lipinski definition) is 1. The molecule has 1 N–H and O–H groups in total. The van der Waals surface area contributed by atoms with Crippen LogP contribution < -0.4 is 5.32 Å². The molecule has 1 unspecified atom stereocenters. The molecule has 1 saturated carbocycles. The Labute approximate surface area is 73.7 Å². The van der Waals surface area contributed by atoms with Crippen LogP contribution in [0.25, 0.3) is 0 Å². The maximum Gasteiger partial charge on any atom is 0.226 e. The second-order valence-electron chi connectivity index (χ2n) is 4.40. The molecule has 1 amide bonds. The van der Waals surface area contributed by atoms with Gasteiger partial charge in [0.25, 0.3) is 0 Å². The van der Waals surface area contributed by atoms with Crippen LogP contribution in [0.15, 0.2) is 0 Å². The molecule has 0 aromatic heterocycles. The average Bonchev–Trinajstić information content (AvgIpc) is 2.48. The molecule has 12 heavy (non-hydrogen) atoms. The van der Waals surface area contributed by atoms with Crippen molar-refractivity contribution >= 4 is 5.91 Å². The van der Waals surface area contributed by atoms with Crippen LogP contribution in [0.4, 0.5) is 0 Å². The van der Waals surface area contributed by atoms with Crippen molar-refractivity contribution in [3.05, 3.63) is 0 Å². The van der Waals surface area contributed by atoms with E-state index in [9.17, 15) is 4.79 Å². The Hall–Kier alpha value is -0.530. The summed E-state index contributed by atoms with van der Waals surface area (Å²) in [6, 6.07) is 0.406. The van der Waals surface area contributed by atoms with Crippen molar-refractivity contribution < 1.29 is 4.79 Å². The lowest BCUT2D eigenvalue weighted by atomic mass is 9.77. The van der Waals surface area contributed by atoms with Crippen LogP contribution in [-0.2, 0) is 4.79 Å². The standard InChI is InChI=1S/C10H17NO/c1-8-4-7-10(9(12)11-8)5-2-3-6-10/h8H,2-7H2,1H3,(H,11,12). The lowest BCUT2D eigenvalue weighted by molar-refractivity contribution is -0.134. The van der Waals surface area contributed by atoms with Crippen LogP contribution >= 0.6 is 0 Å². The summed E-state index contributed by atoms with van der Waals surface area (Å²) in [5.41, 5.74) is 0.0620. The molecule has 1 atom stereocenters. The molecule has 2 fully saturated rings. The van der Waals surface area contributed by atoms with Gasteiger partial charge in [-0.1, -0.05) is 12.8 Å². The monoisotopic (exact) mass is 167 g/mol. The van der Waals surface area contributed by atoms with Crippen LogP contribution in [0.2, 0.25) is 0 Å². The van der Waals surface area contributed by atoms with Crippen molar-refractivity contribution in [2.75, 3.05) is 0 Å². The van der Waals surface area contributed by atoms with Gasteiger partial charge in [-0.05, 0) is 32.6 Å². The zero-order valence-electron chi connectivity index (χ0n) is 7.73. The van der Waals surface area contributed by atoms with Crippen LogP contribution in [-0.4, -0.2) is 11.9 Å². The Morgan fingerprint density at radius 3 is 2.58 bits per heavy atom. The van der Waals surface area contributed by atoms with E-state index in [4.69, 9.17) is 0 Å². The lowest BCUT2D eigenvalue weighted by Crippen LogP contribution is -2.48. The highest BCUT2D eigenvalue weighted by Gasteiger charge is 2.43. The highest BCUT2D eigenvalue weighted by molar-refractivity contribution is 5.83. The molecular weight excluding hydrogens is 150 g/mol. The molecule has 1 aliphatic heterocycles. The van der Waals surface area contributed by atoms with Crippen molar-refractivity contribution in [2.24, 2.45) is 5.41 Å². The number of nitrogens with one attached hydrogen (secondary N) is 1. The van der Waals surface area contributed by atoms with E-state index < -0.39 is 0 Å². The SMILES string of the molecule is CC1CCC2(CCCC2)C(=O)N1. The molecule has 1 saturated heterocycles. The summed E-state index contributed by atoms with van der Waals surface area (Å²) in [7, 11) is 0. The van der Waals surface area contributed by atoms with Crippen LogP contribution in [0.5, 0.6) is 0 Å². The second kappa shape index (κ2) is 2.75. The molecule has 2 aliphatic rings. The number of amides is 1. The van der Waals surface area contributed by atoms with Gasteiger partial charge in [0, 0.05) is 11.5 Å². The summed E-state index contributed by atoms with van der Waals surface area (Å²) in [5.74, 6) is 0.332. The number of piperidine rings is 1. The number of rotatable bonds is 0. The van der Waals surface area contributed by atoms with Gasteiger partial charge in [-0.15, -0.1) is 0 Å². The fraction of sp³-hybridized carbons (Fsp3) is 0.900. The van der Waals surface area contributed by atoms with E-state index in [2.05, 4.69) is 12.2 Å². The van der Waals surface area contributed by atoms with Crippen molar-refractivity contribution in [3.63, 3.8) is 0 Å². The minimum absolute atomic E-state index is 0.0620. The van der Waals surface area contributed by atoms with Crippen molar-refractivity contribution in [1.29, 1.82) is 0 Å². The molecule has 2 nitrogen and oxygen atoms in total. The molecule has 1 spiro atoms. The van der Waals surface area contributed by atoms with Gasteiger partial charge in [0.2, 0.25) is 5.91 Å². The smallest absolute Gasteiger partial charge is 0.226 e. The molecule has 1 aliphatic carbocycles. The van der Waals surface area contributed by atoms with E-state index in [1.54, 1.807) is 0 Å². The summed E-state index contributed by atoms with van der Waals surface area (Å²) < 4.78 is 0. The number of carbonyl (C=O) groups excluding carboxylic acids is 1. The predicted molar refractivity (Wildman–Crippen MR) is 47.7 cm³/mol. The Kier molecular flexibility index (Phi) is 1.85. The molecular formula is C10H17NO. The Morgan fingerprint density at radius 1 is 1.33 bits per heavy atom. The van der Waals surface area contributed by atoms with E-state index >= 15 is 0 Å². The summed E-state index contributed by atoms with van der Waals surface area (Å²) in [6.07, 6.45) is 7.06. The third-order valence-corrected chi connectivity index (χ3v) is 3.48. The number of hydrogen-bond donors (Lipinski definition) is 1. The van der Waals surface area contributed by atoms with Crippen molar-refractivity contribution in [1.82, 2.24) is 5.32 Å². The van der Waals surface area contributed by atoms with Crippen LogP contribution in [0.3, 0.4) is 0 Å². The third-order valence-electron chi connectivity index (χ3n) is 3.48. The van der Waals surface area contributed by atoms with E-state index in [0.717, 1.165) is 19.3 Å². The van der Waals surface area contributed by atoms with Crippen LogP contribution in [0, 0.1) is 5.41 Å². The van der Waals surface area contributed by atoms with Gasteiger partial charge < -0.3 is 5.32 Å². The minimum atomic E-state index is 0.0620. The van der Waals surface area contributed by atoms with Gasteiger partial charge in [-0.3, -0.25) is 4.79 Å².